The Hall–Kier alpha value is -4.30. The van der Waals surface area contributed by atoms with Gasteiger partial charge in [0.1, 0.15) is 11.8 Å². The van der Waals surface area contributed by atoms with Crippen molar-refractivity contribution in [2.75, 3.05) is 0 Å². The summed E-state index contributed by atoms with van der Waals surface area (Å²) in [6.45, 7) is 4.44. The Kier molecular flexibility index (Phi) is 4.28. The minimum atomic E-state index is -0.127. The van der Waals surface area contributed by atoms with E-state index in [1.54, 1.807) is 0 Å². The van der Waals surface area contributed by atoms with E-state index in [2.05, 4.69) is 143 Å². The fourth-order valence-corrected chi connectivity index (χ4v) is 7.68. The molecule has 176 valence electrons. The maximum Gasteiger partial charge on any atom is 0.213 e. The van der Waals surface area contributed by atoms with Gasteiger partial charge in [0, 0.05) is 35.7 Å². The van der Waals surface area contributed by atoms with Gasteiger partial charge in [-0.3, -0.25) is 0 Å². The summed E-state index contributed by atoms with van der Waals surface area (Å²) < 4.78 is 5.16. The largest absolute Gasteiger partial charge is 0.213 e. The van der Waals surface area contributed by atoms with Crippen molar-refractivity contribution < 1.29 is 9.13 Å². The number of allylic oxidation sites excluding steroid dienone is 1. The molecule has 1 spiro atoms. The van der Waals surface area contributed by atoms with E-state index >= 15 is 0 Å². The lowest BCUT2D eigenvalue weighted by atomic mass is 9.48. The number of benzene rings is 3. The van der Waals surface area contributed by atoms with Crippen molar-refractivity contribution in [1.29, 1.82) is 0 Å². The first-order chi connectivity index (χ1) is 18.3. The van der Waals surface area contributed by atoms with Gasteiger partial charge >= 0.3 is 0 Å². The molecule has 0 bridgehead atoms. The second kappa shape index (κ2) is 7.60. The highest BCUT2D eigenvalue weighted by atomic mass is 15.2. The number of hydrogen-bond acceptors (Lipinski definition) is 0. The number of aromatic nitrogens is 2. The highest BCUT2D eigenvalue weighted by molar-refractivity contribution is 5.69. The fraction of sp³-hybridized carbons (Fsp3) is 0.143. The monoisotopic (exact) mass is 476 g/mol. The number of fused-ring (bicyclic) bond motifs is 11. The lowest BCUT2D eigenvalue weighted by Crippen LogP contribution is -2.80. The topological polar surface area (TPSA) is 7.76 Å². The summed E-state index contributed by atoms with van der Waals surface area (Å²) in [5.74, 6) is 0.634. The van der Waals surface area contributed by atoms with Crippen LogP contribution in [-0.2, 0) is 12.0 Å². The van der Waals surface area contributed by atoms with E-state index in [4.69, 9.17) is 0 Å². The summed E-state index contributed by atoms with van der Waals surface area (Å²) in [6, 6.07) is 40.4. The van der Waals surface area contributed by atoms with Gasteiger partial charge in [0.25, 0.3) is 0 Å². The Balaban J connectivity index is 1.43. The summed E-state index contributed by atoms with van der Waals surface area (Å²) in [6.07, 6.45) is 7.92. The van der Waals surface area contributed by atoms with E-state index in [0.29, 0.717) is 17.9 Å². The van der Waals surface area contributed by atoms with Gasteiger partial charge in [0.15, 0.2) is 24.0 Å². The Morgan fingerprint density at radius 2 is 1.46 bits per heavy atom. The van der Waals surface area contributed by atoms with Gasteiger partial charge in [-0.05, 0) is 41.0 Å². The maximum absolute atomic E-state index is 4.44. The number of pyridine rings is 2. The average Bonchev–Trinajstić information content (AvgIpc) is 2.96. The van der Waals surface area contributed by atoms with Crippen LogP contribution in [-0.4, -0.2) is 0 Å². The van der Waals surface area contributed by atoms with Gasteiger partial charge < -0.3 is 0 Å². The van der Waals surface area contributed by atoms with Gasteiger partial charge in [-0.2, -0.15) is 9.13 Å². The highest BCUT2D eigenvalue weighted by Gasteiger charge is 2.75. The molecule has 4 heterocycles. The molecule has 2 aliphatic heterocycles. The van der Waals surface area contributed by atoms with Gasteiger partial charge in [-0.15, -0.1) is 6.58 Å². The van der Waals surface area contributed by atoms with Crippen LogP contribution < -0.4 is 9.13 Å². The van der Waals surface area contributed by atoms with E-state index in [0.717, 1.165) is 6.42 Å². The molecule has 8 rings (SSSR count). The third-order valence-electron chi connectivity index (χ3n) is 9.13. The molecule has 3 aliphatic rings. The van der Waals surface area contributed by atoms with Crippen molar-refractivity contribution in [3.05, 3.63) is 145 Å². The first-order valence-electron chi connectivity index (χ1n) is 13.2. The zero-order valence-electron chi connectivity index (χ0n) is 20.7. The third kappa shape index (κ3) is 2.65. The van der Waals surface area contributed by atoms with Crippen LogP contribution in [0.2, 0.25) is 0 Å². The van der Waals surface area contributed by atoms with Crippen LogP contribution in [0.3, 0.4) is 0 Å². The molecule has 2 aromatic heterocycles. The van der Waals surface area contributed by atoms with Crippen molar-refractivity contribution in [2.24, 2.45) is 5.92 Å². The van der Waals surface area contributed by atoms with Crippen LogP contribution in [0.25, 0.3) is 33.6 Å². The van der Waals surface area contributed by atoms with E-state index in [-0.39, 0.29) is 5.54 Å². The van der Waals surface area contributed by atoms with Crippen LogP contribution in [0.5, 0.6) is 0 Å². The molecule has 0 amide bonds. The Labute approximate surface area is 217 Å². The molecule has 5 aromatic rings. The van der Waals surface area contributed by atoms with Crippen molar-refractivity contribution in [2.45, 2.75) is 23.9 Å². The van der Waals surface area contributed by atoms with Crippen LogP contribution in [0.4, 0.5) is 0 Å². The number of nitrogens with zero attached hydrogens (tertiary/aromatic N) is 2. The molecular formula is C35H28N2+2. The maximum atomic E-state index is 4.44. The first-order valence-corrected chi connectivity index (χ1v) is 13.2. The van der Waals surface area contributed by atoms with Crippen LogP contribution in [0.1, 0.15) is 23.1 Å². The van der Waals surface area contributed by atoms with Gasteiger partial charge in [-0.25, -0.2) is 0 Å². The van der Waals surface area contributed by atoms with Crippen molar-refractivity contribution in [1.82, 2.24) is 0 Å². The van der Waals surface area contributed by atoms with E-state index in [9.17, 15) is 0 Å². The first kappa shape index (κ1) is 20.8. The van der Waals surface area contributed by atoms with Crippen molar-refractivity contribution >= 4 is 0 Å². The molecule has 1 aliphatic carbocycles. The predicted octanol–water partition coefficient (Wildman–Crippen LogP) is 6.67. The summed E-state index contributed by atoms with van der Waals surface area (Å²) in [4.78, 5) is 0. The van der Waals surface area contributed by atoms with Crippen LogP contribution in [0.15, 0.2) is 134 Å². The van der Waals surface area contributed by atoms with Crippen LogP contribution in [0, 0.1) is 5.92 Å². The molecule has 4 atom stereocenters. The van der Waals surface area contributed by atoms with Gasteiger partial charge in [-0.1, -0.05) is 72.8 Å². The zero-order chi connectivity index (χ0) is 24.6. The van der Waals surface area contributed by atoms with Crippen molar-refractivity contribution in [3.63, 3.8) is 0 Å². The second-order valence-electron chi connectivity index (χ2n) is 10.7. The normalized spacial score (nSPS) is 24.1. The van der Waals surface area contributed by atoms with Crippen LogP contribution >= 0.6 is 0 Å². The smallest absolute Gasteiger partial charge is 0.194 e. The molecular weight excluding hydrogens is 448 g/mol. The fourth-order valence-electron chi connectivity index (χ4n) is 7.68. The summed E-state index contributed by atoms with van der Waals surface area (Å²) >= 11 is 0. The number of rotatable bonds is 2. The van der Waals surface area contributed by atoms with Gasteiger partial charge in [0.2, 0.25) is 11.4 Å². The lowest BCUT2D eigenvalue weighted by Gasteiger charge is -2.56. The standard InChI is InChI=1S/C35H28N2/c1-2-30-34-33(29-17-9-8-16-28(29)31-18-10-11-21-36(31)34)35(30)22-25-14-6-7-15-27(25)32-20-19-26(23-37(32)35)24-12-4-3-5-13-24/h2-21,23,30,33-34H,1,22H2/q+2. The zero-order valence-corrected chi connectivity index (χ0v) is 20.7. The summed E-state index contributed by atoms with van der Waals surface area (Å²) in [7, 11) is 0. The minimum Gasteiger partial charge on any atom is -0.194 e. The third-order valence-corrected chi connectivity index (χ3v) is 9.13. The van der Waals surface area contributed by atoms with Crippen molar-refractivity contribution in [3.8, 4) is 33.6 Å². The lowest BCUT2D eigenvalue weighted by molar-refractivity contribution is -0.837. The molecule has 0 radical (unpaired) electrons. The summed E-state index contributed by atoms with van der Waals surface area (Å²) in [5, 5.41) is 0. The molecule has 1 saturated carbocycles. The molecule has 3 aromatic carbocycles. The minimum absolute atomic E-state index is 0.127. The molecule has 37 heavy (non-hydrogen) atoms. The van der Waals surface area contributed by atoms with Gasteiger partial charge in [0.05, 0.1) is 5.56 Å². The Bertz CT molecular complexity index is 1700. The highest BCUT2D eigenvalue weighted by Crippen LogP contribution is 2.64. The molecule has 0 saturated heterocycles. The SMILES string of the molecule is C=CC1C2C(c3ccccc3-c3cccc[n+]32)C12Cc1ccccc1-c1ccc(-c3ccccc3)c[n+]12. The molecule has 2 nitrogen and oxygen atoms in total. The van der Waals surface area contributed by atoms with E-state index < -0.39 is 0 Å². The molecule has 1 fully saturated rings. The predicted molar refractivity (Wildman–Crippen MR) is 147 cm³/mol. The summed E-state index contributed by atoms with van der Waals surface area (Å²) in [5.41, 5.74) is 10.6. The molecule has 0 N–H and O–H groups in total. The molecule has 4 unspecified atom stereocenters. The molecule has 2 heteroatoms. The second-order valence-corrected chi connectivity index (χ2v) is 10.7. The average molecular weight is 477 g/mol. The quantitative estimate of drug-likeness (QED) is 0.199. The number of hydrogen-bond donors (Lipinski definition) is 0. The Morgan fingerprint density at radius 1 is 0.703 bits per heavy atom. The van der Waals surface area contributed by atoms with E-state index in [1.165, 1.54) is 44.8 Å². The van der Waals surface area contributed by atoms with E-state index in [1.807, 2.05) is 0 Å². The Morgan fingerprint density at radius 3 is 2.32 bits per heavy atom.